The second-order valence-electron chi connectivity index (χ2n) is 4.46. The minimum Gasteiger partial charge on any atom is -0.246 e. The van der Waals surface area contributed by atoms with E-state index in [9.17, 15) is 17.6 Å². The van der Waals surface area contributed by atoms with Gasteiger partial charge in [0.25, 0.3) is 0 Å². The fourth-order valence-electron chi connectivity index (χ4n) is 1.67. The van der Waals surface area contributed by atoms with Crippen molar-refractivity contribution in [3.63, 3.8) is 0 Å². The summed E-state index contributed by atoms with van der Waals surface area (Å²) in [5.74, 6) is -5.52. The number of benzene rings is 1. The molecule has 1 heterocycles. The first-order chi connectivity index (χ1) is 8.82. The summed E-state index contributed by atoms with van der Waals surface area (Å²) in [6, 6.07) is 0.202. The van der Waals surface area contributed by atoms with Gasteiger partial charge in [-0.1, -0.05) is 13.8 Å². The molecule has 0 radical (unpaired) electrons. The molecule has 0 N–H and O–H groups in total. The molecular weight excluding hydrogens is 278 g/mol. The summed E-state index contributed by atoms with van der Waals surface area (Å²) >= 11 is 1.04. The van der Waals surface area contributed by atoms with E-state index >= 15 is 0 Å². The molecule has 2 aromatic rings. The van der Waals surface area contributed by atoms with E-state index in [-0.39, 0.29) is 16.9 Å². The molecule has 102 valence electrons. The van der Waals surface area contributed by atoms with Gasteiger partial charge in [0, 0.05) is 12.0 Å². The van der Waals surface area contributed by atoms with Crippen LogP contribution < -0.4 is 0 Å². The molecule has 0 saturated carbocycles. The quantitative estimate of drug-likeness (QED) is 0.571. The third-order valence-corrected chi connectivity index (χ3v) is 4.12. The Labute approximate surface area is 111 Å². The summed E-state index contributed by atoms with van der Waals surface area (Å²) in [5, 5.41) is 0.663. The molecule has 1 aromatic carbocycles. The number of aromatic nitrogens is 1. The van der Waals surface area contributed by atoms with Gasteiger partial charge in [-0.2, -0.15) is 0 Å². The predicted molar refractivity (Wildman–Crippen MR) is 66.2 cm³/mol. The zero-order valence-corrected chi connectivity index (χ0v) is 11.3. The highest BCUT2D eigenvalue weighted by atomic mass is 32.1. The lowest BCUT2D eigenvalue weighted by Crippen LogP contribution is -1.98. The number of thiazole rings is 1. The number of aryl methyl sites for hydroxylation is 1. The topological polar surface area (TPSA) is 12.9 Å². The molecule has 0 spiro atoms. The van der Waals surface area contributed by atoms with E-state index in [4.69, 9.17) is 0 Å². The van der Waals surface area contributed by atoms with E-state index in [1.54, 1.807) is 6.92 Å². The van der Waals surface area contributed by atoms with Gasteiger partial charge in [0.1, 0.15) is 0 Å². The fourth-order valence-corrected chi connectivity index (χ4v) is 2.77. The average Bonchev–Trinajstić information content (AvgIpc) is 2.70. The Bertz CT molecular complexity index is 608. The predicted octanol–water partition coefficient (Wildman–Crippen LogP) is 4.80. The molecule has 0 aliphatic carbocycles. The molecule has 19 heavy (non-hydrogen) atoms. The van der Waals surface area contributed by atoms with Gasteiger partial charge in [-0.05, 0) is 6.92 Å². The largest absolute Gasteiger partial charge is 0.246 e. The third-order valence-electron chi connectivity index (χ3n) is 2.65. The zero-order chi connectivity index (χ0) is 14.3. The van der Waals surface area contributed by atoms with Crippen LogP contribution in [0.3, 0.4) is 0 Å². The van der Waals surface area contributed by atoms with Gasteiger partial charge in [0.2, 0.25) is 0 Å². The highest BCUT2D eigenvalue weighted by Gasteiger charge is 2.24. The van der Waals surface area contributed by atoms with Crippen molar-refractivity contribution >= 4 is 11.3 Å². The van der Waals surface area contributed by atoms with E-state index in [1.807, 2.05) is 13.8 Å². The first-order valence-corrected chi connectivity index (χ1v) is 6.45. The number of rotatable bonds is 2. The molecule has 1 aromatic heterocycles. The standard InChI is InChI=1S/C13H11F4NS/c1-5(2)13-18-6(3)12(19-13)9-10(16)7(14)4-8(15)11(9)17/h4-5H,1-3H3. The highest BCUT2D eigenvalue weighted by molar-refractivity contribution is 7.15. The molecule has 0 aliphatic rings. The van der Waals surface area contributed by atoms with Crippen LogP contribution in [0, 0.1) is 30.2 Å². The van der Waals surface area contributed by atoms with Crippen LogP contribution >= 0.6 is 11.3 Å². The molecule has 0 fully saturated rings. The van der Waals surface area contributed by atoms with Crippen molar-refractivity contribution < 1.29 is 17.6 Å². The second kappa shape index (κ2) is 4.92. The van der Waals surface area contributed by atoms with Crippen LogP contribution in [0.4, 0.5) is 17.6 Å². The van der Waals surface area contributed by atoms with Crippen LogP contribution in [0.5, 0.6) is 0 Å². The van der Waals surface area contributed by atoms with Crippen LogP contribution in [-0.2, 0) is 0 Å². The lowest BCUT2D eigenvalue weighted by Gasteiger charge is -2.05. The maximum absolute atomic E-state index is 13.7. The summed E-state index contributed by atoms with van der Waals surface area (Å²) in [4.78, 5) is 4.29. The minimum atomic E-state index is -1.41. The first kappa shape index (κ1) is 14.0. The van der Waals surface area contributed by atoms with E-state index < -0.39 is 28.8 Å². The molecule has 0 atom stereocenters. The summed E-state index contributed by atoms with van der Waals surface area (Å²) in [6.45, 7) is 5.31. The Balaban J connectivity index is 2.72. The normalized spacial score (nSPS) is 11.4. The number of nitrogens with zero attached hydrogens (tertiary/aromatic N) is 1. The van der Waals surface area contributed by atoms with Gasteiger partial charge in [0.15, 0.2) is 23.3 Å². The smallest absolute Gasteiger partial charge is 0.170 e. The van der Waals surface area contributed by atoms with Crippen molar-refractivity contribution in [2.75, 3.05) is 0 Å². The Morgan fingerprint density at radius 1 is 1.05 bits per heavy atom. The molecule has 0 unspecified atom stereocenters. The highest BCUT2D eigenvalue weighted by Crippen LogP contribution is 2.37. The van der Waals surface area contributed by atoms with Crippen molar-refractivity contribution in [3.8, 4) is 10.4 Å². The van der Waals surface area contributed by atoms with E-state index in [1.165, 1.54) is 0 Å². The molecular formula is C13H11F4NS. The summed E-state index contributed by atoms with van der Waals surface area (Å²) < 4.78 is 53.8. The number of hydrogen-bond donors (Lipinski definition) is 0. The van der Waals surface area contributed by atoms with Crippen LogP contribution in [0.25, 0.3) is 10.4 Å². The Morgan fingerprint density at radius 2 is 1.58 bits per heavy atom. The Kier molecular flexibility index (Phi) is 3.62. The third kappa shape index (κ3) is 2.36. The van der Waals surface area contributed by atoms with Crippen LogP contribution in [0.15, 0.2) is 6.07 Å². The van der Waals surface area contributed by atoms with Crippen LogP contribution in [0.2, 0.25) is 0 Å². The molecule has 0 aliphatic heterocycles. The summed E-state index contributed by atoms with van der Waals surface area (Å²) in [5.41, 5.74) is -0.323. The lowest BCUT2D eigenvalue weighted by atomic mass is 10.1. The summed E-state index contributed by atoms with van der Waals surface area (Å²) in [6.07, 6.45) is 0. The molecule has 1 nitrogen and oxygen atoms in total. The van der Waals surface area contributed by atoms with Crippen molar-refractivity contribution in [1.82, 2.24) is 4.98 Å². The van der Waals surface area contributed by atoms with Gasteiger partial charge in [-0.25, -0.2) is 22.5 Å². The van der Waals surface area contributed by atoms with Gasteiger partial charge in [-0.15, -0.1) is 11.3 Å². The lowest BCUT2D eigenvalue weighted by molar-refractivity contribution is 0.458. The fraction of sp³-hybridized carbons (Fsp3) is 0.308. The Hall–Kier alpha value is -1.43. The van der Waals surface area contributed by atoms with E-state index in [0.29, 0.717) is 10.7 Å². The van der Waals surface area contributed by atoms with E-state index in [2.05, 4.69) is 4.98 Å². The molecule has 6 heteroatoms. The van der Waals surface area contributed by atoms with E-state index in [0.717, 1.165) is 11.3 Å². The van der Waals surface area contributed by atoms with Gasteiger partial charge >= 0.3 is 0 Å². The van der Waals surface area contributed by atoms with Crippen molar-refractivity contribution in [2.45, 2.75) is 26.7 Å². The maximum Gasteiger partial charge on any atom is 0.170 e. The Morgan fingerprint density at radius 3 is 2.00 bits per heavy atom. The zero-order valence-electron chi connectivity index (χ0n) is 10.5. The second-order valence-corrected chi connectivity index (χ2v) is 5.50. The van der Waals surface area contributed by atoms with Crippen LogP contribution in [-0.4, -0.2) is 4.98 Å². The molecule has 2 rings (SSSR count). The summed E-state index contributed by atoms with van der Waals surface area (Å²) in [7, 11) is 0. The van der Waals surface area contributed by atoms with Crippen molar-refractivity contribution in [3.05, 3.63) is 40.0 Å². The molecule has 0 saturated heterocycles. The molecule has 0 amide bonds. The van der Waals surface area contributed by atoms with Crippen molar-refractivity contribution in [2.24, 2.45) is 0 Å². The average molecular weight is 289 g/mol. The molecule has 0 bridgehead atoms. The monoisotopic (exact) mass is 289 g/mol. The maximum atomic E-state index is 13.7. The number of hydrogen-bond acceptors (Lipinski definition) is 2. The van der Waals surface area contributed by atoms with Crippen molar-refractivity contribution in [1.29, 1.82) is 0 Å². The SMILES string of the molecule is Cc1nc(C(C)C)sc1-c1c(F)c(F)cc(F)c1F. The van der Waals surface area contributed by atoms with Crippen LogP contribution in [0.1, 0.15) is 30.5 Å². The van der Waals surface area contributed by atoms with Gasteiger partial charge < -0.3 is 0 Å². The minimum absolute atomic E-state index is 0.0713. The first-order valence-electron chi connectivity index (χ1n) is 5.63. The van der Waals surface area contributed by atoms with Gasteiger partial charge in [-0.3, -0.25) is 0 Å². The van der Waals surface area contributed by atoms with Gasteiger partial charge in [0.05, 0.1) is 21.1 Å². The number of halogens is 4.